The summed E-state index contributed by atoms with van der Waals surface area (Å²) in [6, 6.07) is 12.2. The summed E-state index contributed by atoms with van der Waals surface area (Å²) in [7, 11) is 0. The smallest absolute Gasteiger partial charge is 0.233 e. The number of carbonyl (C=O) groups is 1. The van der Waals surface area contributed by atoms with Gasteiger partial charge in [-0.15, -0.1) is 10.2 Å². The number of nitrogens with one attached hydrogen (secondary N) is 1. The van der Waals surface area contributed by atoms with Crippen molar-refractivity contribution in [2.45, 2.75) is 43.4 Å². The molecule has 3 aromatic heterocycles. The van der Waals surface area contributed by atoms with Crippen LogP contribution in [0.25, 0.3) is 10.9 Å². The first-order valence-electron chi connectivity index (χ1n) is 10.7. The van der Waals surface area contributed by atoms with E-state index in [4.69, 9.17) is 4.42 Å². The molecule has 4 aromatic rings. The van der Waals surface area contributed by atoms with Crippen molar-refractivity contribution in [3.8, 4) is 0 Å². The van der Waals surface area contributed by atoms with Crippen molar-refractivity contribution in [1.82, 2.24) is 24.6 Å². The quantitative estimate of drug-likeness (QED) is 0.466. The number of hydrogen-bond donors (Lipinski definition) is 1. The van der Waals surface area contributed by atoms with E-state index in [1.807, 2.05) is 23.1 Å². The van der Waals surface area contributed by atoms with Crippen LogP contribution in [0.2, 0.25) is 0 Å². The number of H-pyrrole nitrogens is 1. The lowest BCUT2D eigenvalue weighted by Gasteiger charge is -2.27. The summed E-state index contributed by atoms with van der Waals surface area (Å²) in [6.45, 7) is 2.00. The van der Waals surface area contributed by atoms with Crippen molar-refractivity contribution in [3.63, 3.8) is 0 Å². The van der Waals surface area contributed by atoms with E-state index >= 15 is 0 Å². The number of rotatable bonds is 6. The molecule has 2 aliphatic rings. The highest BCUT2D eigenvalue weighted by atomic mass is 32.2. The zero-order valence-electron chi connectivity index (χ0n) is 17.1. The van der Waals surface area contributed by atoms with Crippen LogP contribution in [0.5, 0.6) is 0 Å². The lowest BCUT2D eigenvalue weighted by atomic mass is 10.0. The fourth-order valence-corrected chi connectivity index (χ4v) is 5.20. The Labute approximate surface area is 183 Å². The maximum Gasteiger partial charge on any atom is 0.233 e. The number of hydrogen-bond acceptors (Lipinski definition) is 5. The summed E-state index contributed by atoms with van der Waals surface area (Å²) in [5.74, 6) is 2.86. The Morgan fingerprint density at radius 1 is 1.19 bits per heavy atom. The fourth-order valence-electron chi connectivity index (χ4n) is 4.35. The molecule has 0 radical (unpaired) electrons. The summed E-state index contributed by atoms with van der Waals surface area (Å²) in [5, 5.41) is 10.8. The van der Waals surface area contributed by atoms with Gasteiger partial charge in [0.05, 0.1) is 18.6 Å². The first-order chi connectivity index (χ1) is 15.3. The molecular formula is C23H23N5O2S. The standard InChI is InChI=1S/C23H23N5O2S/c29-21(27-10-9-20-18(13-27)17-5-1-2-6-19(17)24-20)14-31-23-26-25-22(15-7-8-15)28(23)12-16-4-3-11-30-16/h1-6,11,15,24H,7-10,12-14H2. The highest BCUT2D eigenvalue weighted by Gasteiger charge is 2.31. The summed E-state index contributed by atoms with van der Waals surface area (Å²) < 4.78 is 7.65. The molecule has 1 aliphatic heterocycles. The van der Waals surface area contributed by atoms with Crippen molar-refractivity contribution in [2.24, 2.45) is 0 Å². The Morgan fingerprint density at radius 2 is 2.10 bits per heavy atom. The van der Waals surface area contributed by atoms with E-state index in [2.05, 4.69) is 37.9 Å². The molecule has 0 atom stereocenters. The normalized spacial score (nSPS) is 16.1. The molecule has 1 aliphatic carbocycles. The van der Waals surface area contributed by atoms with Crippen molar-refractivity contribution < 1.29 is 9.21 Å². The second kappa shape index (κ2) is 7.60. The Hall–Kier alpha value is -3.00. The minimum absolute atomic E-state index is 0.140. The summed E-state index contributed by atoms with van der Waals surface area (Å²) in [5.41, 5.74) is 3.65. The third-order valence-corrected chi connectivity index (χ3v) is 7.09. The second-order valence-electron chi connectivity index (χ2n) is 8.26. The largest absolute Gasteiger partial charge is 0.467 e. The van der Waals surface area contributed by atoms with Crippen LogP contribution in [0.1, 0.15) is 41.6 Å². The highest BCUT2D eigenvalue weighted by molar-refractivity contribution is 7.99. The topological polar surface area (TPSA) is 79.9 Å². The number of amides is 1. The number of thioether (sulfide) groups is 1. The first-order valence-corrected chi connectivity index (χ1v) is 11.7. The van der Waals surface area contributed by atoms with Crippen LogP contribution in [0.15, 0.2) is 52.2 Å². The van der Waals surface area contributed by atoms with Gasteiger partial charge in [-0.05, 0) is 31.0 Å². The van der Waals surface area contributed by atoms with Gasteiger partial charge >= 0.3 is 0 Å². The Bertz CT molecular complexity index is 1240. The number of benzene rings is 1. The van der Waals surface area contributed by atoms with Gasteiger partial charge in [-0.25, -0.2) is 0 Å². The molecule has 1 fully saturated rings. The van der Waals surface area contributed by atoms with E-state index in [9.17, 15) is 4.79 Å². The van der Waals surface area contributed by atoms with Crippen LogP contribution >= 0.6 is 11.8 Å². The van der Waals surface area contributed by atoms with Gasteiger partial charge in [0.25, 0.3) is 0 Å². The van der Waals surface area contributed by atoms with Crippen LogP contribution < -0.4 is 0 Å². The average molecular weight is 434 g/mol. The van der Waals surface area contributed by atoms with E-state index in [1.54, 1.807) is 6.26 Å². The van der Waals surface area contributed by atoms with E-state index in [0.29, 0.717) is 24.8 Å². The van der Waals surface area contributed by atoms with E-state index in [0.717, 1.165) is 48.1 Å². The van der Waals surface area contributed by atoms with E-state index < -0.39 is 0 Å². The number of carbonyl (C=O) groups excluding carboxylic acids is 1. The maximum absolute atomic E-state index is 13.0. The molecule has 0 unspecified atom stereocenters. The van der Waals surface area contributed by atoms with Crippen LogP contribution in [-0.4, -0.2) is 42.9 Å². The summed E-state index contributed by atoms with van der Waals surface area (Å²) in [6.07, 6.45) is 4.85. The lowest BCUT2D eigenvalue weighted by Crippen LogP contribution is -2.37. The van der Waals surface area contributed by atoms with Gasteiger partial charge < -0.3 is 14.3 Å². The molecule has 6 rings (SSSR count). The third-order valence-electron chi connectivity index (χ3n) is 6.14. The molecule has 4 heterocycles. The zero-order valence-corrected chi connectivity index (χ0v) is 17.9. The van der Waals surface area contributed by atoms with Crippen LogP contribution in [0, 0.1) is 0 Å². The van der Waals surface area contributed by atoms with Gasteiger partial charge in [0.15, 0.2) is 5.16 Å². The van der Waals surface area contributed by atoms with Gasteiger partial charge in [0.2, 0.25) is 5.91 Å². The molecule has 31 heavy (non-hydrogen) atoms. The van der Waals surface area contributed by atoms with Crippen molar-refractivity contribution in [2.75, 3.05) is 12.3 Å². The van der Waals surface area contributed by atoms with Crippen molar-refractivity contribution >= 4 is 28.6 Å². The Kier molecular flexibility index (Phi) is 4.60. The second-order valence-corrected chi connectivity index (χ2v) is 9.20. The van der Waals surface area contributed by atoms with E-state index in [1.165, 1.54) is 28.4 Å². The maximum atomic E-state index is 13.0. The molecular weight excluding hydrogens is 410 g/mol. The SMILES string of the molecule is O=C(CSc1nnc(C2CC2)n1Cc1ccco1)N1CCc2[nH]c3ccccc3c2C1. The number of para-hydroxylation sites is 1. The van der Waals surface area contributed by atoms with Gasteiger partial charge in [0.1, 0.15) is 11.6 Å². The fraction of sp³-hybridized carbons (Fsp3) is 0.348. The van der Waals surface area contributed by atoms with Gasteiger partial charge in [-0.2, -0.15) is 0 Å². The van der Waals surface area contributed by atoms with Crippen LogP contribution in [0.3, 0.4) is 0 Å². The van der Waals surface area contributed by atoms with Gasteiger partial charge in [0, 0.05) is 47.6 Å². The minimum Gasteiger partial charge on any atom is -0.467 e. The molecule has 1 saturated carbocycles. The Morgan fingerprint density at radius 3 is 2.94 bits per heavy atom. The number of fused-ring (bicyclic) bond motifs is 3. The third kappa shape index (κ3) is 3.54. The van der Waals surface area contributed by atoms with Gasteiger partial charge in [-0.1, -0.05) is 30.0 Å². The molecule has 7 nitrogen and oxygen atoms in total. The van der Waals surface area contributed by atoms with Gasteiger partial charge in [-0.3, -0.25) is 9.36 Å². The molecule has 8 heteroatoms. The molecule has 1 aromatic carbocycles. The molecule has 0 saturated heterocycles. The highest BCUT2D eigenvalue weighted by Crippen LogP contribution is 2.40. The Balaban J connectivity index is 1.17. The first kappa shape index (κ1) is 18.7. The zero-order chi connectivity index (χ0) is 20.8. The van der Waals surface area contributed by atoms with Crippen LogP contribution in [0.4, 0.5) is 0 Å². The molecule has 0 spiro atoms. The van der Waals surface area contributed by atoms with E-state index in [-0.39, 0.29) is 5.91 Å². The molecule has 0 bridgehead atoms. The predicted octanol–water partition coefficient (Wildman–Crippen LogP) is 3.96. The number of nitrogens with zero attached hydrogens (tertiary/aromatic N) is 4. The molecule has 1 amide bonds. The molecule has 158 valence electrons. The summed E-state index contributed by atoms with van der Waals surface area (Å²) in [4.78, 5) is 18.5. The van der Waals surface area contributed by atoms with Crippen molar-refractivity contribution in [3.05, 3.63) is 65.5 Å². The lowest BCUT2D eigenvalue weighted by molar-refractivity contribution is -0.129. The average Bonchev–Trinajstić information content (AvgIpc) is 3.20. The molecule has 1 N–H and O–H groups in total. The number of aromatic nitrogens is 4. The predicted molar refractivity (Wildman–Crippen MR) is 118 cm³/mol. The number of aromatic amines is 1. The number of furan rings is 1. The monoisotopic (exact) mass is 433 g/mol. The minimum atomic E-state index is 0.140. The summed E-state index contributed by atoms with van der Waals surface area (Å²) >= 11 is 1.47. The van der Waals surface area contributed by atoms with Crippen molar-refractivity contribution in [1.29, 1.82) is 0 Å². The van der Waals surface area contributed by atoms with Crippen LogP contribution in [-0.2, 0) is 24.3 Å².